The van der Waals surface area contributed by atoms with Crippen molar-refractivity contribution in [2.45, 2.75) is 34.1 Å². The first-order valence-corrected chi connectivity index (χ1v) is 6.41. The number of nitrogens with one attached hydrogen (secondary N) is 1. The van der Waals surface area contributed by atoms with Crippen molar-refractivity contribution in [1.29, 1.82) is 0 Å². The van der Waals surface area contributed by atoms with E-state index in [1.165, 1.54) is 11.6 Å². The highest BCUT2D eigenvalue weighted by Crippen LogP contribution is 2.31. The van der Waals surface area contributed by atoms with E-state index in [9.17, 15) is 4.39 Å². The minimum absolute atomic E-state index is 0.221. The number of hydrogen-bond acceptors (Lipinski definition) is 2. The van der Waals surface area contributed by atoms with Gasteiger partial charge in [-0.2, -0.15) is 0 Å². The molecule has 96 valence electrons. The van der Waals surface area contributed by atoms with E-state index in [1.54, 1.807) is 6.07 Å². The lowest BCUT2D eigenvalue weighted by Crippen LogP contribution is -2.05. The van der Waals surface area contributed by atoms with Gasteiger partial charge in [0.05, 0.1) is 5.52 Å². The molecule has 0 aliphatic rings. The second-order valence-electron chi connectivity index (χ2n) is 4.56. The summed E-state index contributed by atoms with van der Waals surface area (Å²) in [7, 11) is 0. The van der Waals surface area contributed by atoms with Crippen LogP contribution < -0.4 is 5.32 Å². The lowest BCUT2D eigenvalue weighted by Gasteiger charge is -2.16. The number of fused-ring (bicyclic) bond motifs is 1. The van der Waals surface area contributed by atoms with E-state index in [0.29, 0.717) is 0 Å². The number of nitrogens with zero attached hydrogens (tertiary/aromatic N) is 1. The number of benzene rings is 1. The maximum atomic E-state index is 13.5. The average Bonchev–Trinajstić information content (AvgIpc) is 2.32. The normalized spacial score (nSPS) is 10.9. The van der Waals surface area contributed by atoms with Gasteiger partial charge in [0.1, 0.15) is 5.82 Å². The second kappa shape index (κ2) is 4.92. The van der Waals surface area contributed by atoms with Gasteiger partial charge >= 0.3 is 0 Å². The zero-order valence-corrected chi connectivity index (χ0v) is 11.4. The summed E-state index contributed by atoms with van der Waals surface area (Å²) in [5.74, 6) is -0.221. The van der Waals surface area contributed by atoms with Crippen molar-refractivity contribution in [2.75, 3.05) is 11.9 Å². The molecule has 0 fully saturated rings. The number of aromatic nitrogens is 1. The lowest BCUT2D eigenvalue weighted by atomic mass is 10.0. The Labute approximate surface area is 107 Å². The Bertz CT molecular complexity index is 591. The van der Waals surface area contributed by atoms with Gasteiger partial charge in [-0.1, -0.05) is 6.92 Å². The van der Waals surface area contributed by atoms with E-state index < -0.39 is 0 Å². The van der Waals surface area contributed by atoms with Crippen LogP contribution in [0.5, 0.6) is 0 Å². The molecule has 3 heteroatoms. The monoisotopic (exact) mass is 246 g/mol. The SMILES string of the molecule is CCNc1c(C)c(CC)nc2cc(F)cc(C)c12. The molecule has 0 aliphatic carbocycles. The van der Waals surface area contributed by atoms with Crippen molar-refractivity contribution in [1.82, 2.24) is 4.98 Å². The molecular weight excluding hydrogens is 227 g/mol. The molecule has 0 aliphatic heterocycles. The molecular formula is C15H19FN2. The van der Waals surface area contributed by atoms with Crippen molar-refractivity contribution in [3.63, 3.8) is 0 Å². The first kappa shape index (κ1) is 12.8. The summed E-state index contributed by atoms with van der Waals surface area (Å²) < 4.78 is 13.5. The van der Waals surface area contributed by atoms with Gasteiger partial charge < -0.3 is 5.32 Å². The number of anilines is 1. The van der Waals surface area contributed by atoms with Gasteiger partial charge in [-0.05, 0) is 44.4 Å². The van der Waals surface area contributed by atoms with E-state index in [4.69, 9.17) is 0 Å². The molecule has 0 saturated heterocycles. The van der Waals surface area contributed by atoms with E-state index in [2.05, 4.69) is 31.1 Å². The third kappa shape index (κ3) is 2.05. The quantitative estimate of drug-likeness (QED) is 0.886. The highest BCUT2D eigenvalue weighted by Gasteiger charge is 2.13. The van der Waals surface area contributed by atoms with Crippen LogP contribution in [0.15, 0.2) is 12.1 Å². The fourth-order valence-corrected chi connectivity index (χ4v) is 2.44. The molecule has 1 N–H and O–H groups in total. The molecule has 2 rings (SSSR count). The smallest absolute Gasteiger partial charge is 0.125 e. The molecule has 0 bridgehead atoms. The first-order chi connectivity index (χ1) is 8.58. The van der Waals surface area contributed by atoms with Gasteiger partial charge in [0, 0.05) is 29.4 Å². The summed E-state index contributed by atoms with van der Waals surface area (Å²) in [6.07, 6.45) is 0.857. The average molecular weight is 246 g/mol. The van der Waals surface area contributed by atoms with Crippen LogP contribution in [0.25, 0.3) is 10.9 Å². The number of aryl methyl sites for hydroxylation is 2. The summed E-state index contributed by atoms with van der Waals surface area (Å²) >= 11 is 0. The minimum atomic E-state index is -0.221. The zero-order valence-electron chi connectivity index (χ0n) is 11.4. The molecule has 0 spiro atoms. The van der Waals surface area contributed by atoms with Crippen LogP contribution in [0.1, 0.15) is 30.7 Å². The Hall–Kier alpha value is -1.64. The van der Waals surface area contributed by atoms with Gasteiger partial charge in [-0.3, -0.25) is 4.98 Å². The van der Waals surface area contributed by atoms with Crippen LogP contribution in [0.4, 0.5) is 10.1 Å². The topological polar surface area (TPSA) is 24.9 Å². The zero-order chi connectivity index (χ0) is 13.3. The molecule has 0 unspecified atom stereocenters. The molecule has 0 radical (unpaired) electrons. The van der Waals surface area contributed by atoms with Crippen LogP contribution in [0, 0.1) is 19.7 Å². The van der Waals surface area contributed by atoms with Crippen molar-refractivity contribution in [3.05, 3.63) is 34.8 Å². The Morgan fingerprint density at radius 3 is 2.56 bits per heavy atom. The number of halogens is 1. The van der Waals surface area contributed by atoms with Crippen molar-refractivity contribution < 1.29 is 4.39 Å². The van der Waals surface area contributed by atoms with E-state index in [0.717, 1.165) is 40.8 Å². The van der Waals surface area contributed by atoms with Crippen molar-refractivity contribution in [2.24, 2.45) is 0 Å². The van der Waals surface area contributed by atoms with Gasteiger partial charge in [0.25, 0.3) is 0 Å². The van der Waals surface area contributed by atoms with Gasteiger partial charge in [0.15, 0.2) is 0 Å². The molecule has 2 nitrogen and oxygen atoms in total. The maximum absolute atomic E-state index is 13.5. The van der Waals surface area contributed by atoms with Crippen LogP contribution >= 0.6 is 0 Å². The maximum Gasteiger partial charge on any atom is 0.125 e. The summed E-state index contributed by atoms with van der Waals surface area (Å²) in [6.45, 7) is 8.99. The molecule has 18 heavy (non-hydrogen) atoms. The Kier molecular flexibility index (Phi) is 3.50. The third-order valence-electron chi connectivity index (χ3n) is 3.28. The van der Waals surface area contributed by atoms with Crippen LogP contribution in [-0.2, 0) is 6.42 Å². The molecule has 1 heterocycles. The number of pyridine rings is 1. The van der Waals surface area contributed by atoms with Crippen molar-refractivity contribution in [3.8, 4) is 0 Å². The molecule has 0 atom stereocenters. The summed E-state index contributed by atoms with van der Waals surface area (Å²) in [5.41, 5.74) is 4.96. The fourth-order valence-electron chi connectivity index (χ4n) is 2.44. The standard InChI is InChI=1S/C15H19FN2/c1-5-12-10(4)15(17-6-2)14-9(3)7-11(16)8-13(14)18-12/h7-8H,5-6H2,1-4H3,(H,17,18). The highest BCUT2D eigenvalue weighted by atomic mass is 19.1. The van der Waals surface area contributed by atoms with E-state index in [-0.39, 0.29) is 5.82 Å². The van der Waals surface area contributed by atoms with Crippen molar-refractivity contribution >= 4 is 16.6 Å². The molecule has 1 aromatic carbocycles. The summed E-state index contributed by atoms with van der Waals surface area (Å²) in [4.78, 5) is 4.58. The summed E-state index contributed by atoms with van der Waals surface area (Å²) in [5, 5.41) is 4.43. The Morgan fingerprint density at radius 2 is 1.94 bits per heavy atom. The van der Waals surface area contributed by atoms with Gasteiger partial charge in [-0.15, -0.1) is 0 Å². The predicted molar refractivity (Wildman–Crippen MR) is 74.7 cm³/mol. The van der Waals surface area contributed by atoms with Gasteiger partial charge in [-0.25, -0.2) is 4.39 Å². The largest absolute Gasteiger partial charge is 0.384 e. The molecule has 0 saturated carbocycles. The number of rotatable bonds is 3. The predicted octanol–water partition coefficient (Wildman–Crippen LogP) is 3.98. The van der Waals surface area contributed by atoms with Crippen LogP contribution in [0.2, 0.25) is 0 Å². The van der Waals surface area contributed by atoms with Crippen LogP contribution in [-0.4, -0.2) is 11.5 Å². The number of hydrogen-bond donors (Lipinski definition) is 1. The Balaban J connectivity index is 2.86. The van der Waals surface area contributed by atoms with Crippen LogP contribution in [0.3, 0.4) is 0 Å². The fraction of sp³-hybridized carbons (Fsp3) is 0.400. The molecule has 0 amide bonds. The highest BCUT2D eigenvalue weighted by molar-refractivity contribution is 5.96. The summed E-state index contributed by atoms with van der Waals surface area (Å²) in [6, 6.07) is 3.08. The molecule has 1 aromatic heterocycles. The molecule has 2 aromatic rings. The Morgan fingerprint density at radius 1 is 1.22 bits per heavy atom. The van der Waals surface area contributed by atoms with E-state index >= 15 is 0 Å². The third-order valence-corrected chi connectivity index (χ3v) is 3.28. The minimum Gasteiger partial charge on any atom is -0.384 e. The van der Waals surface area contributed by atoms with E-state index in [1.807, 2.05) is 6.92 Å². The second-order valence-corrected chi connectivity index (χ2v) is 4.56. The first-order valence-electron chi connectivity index (χ1n) is 6.41. The lowest BCUT2D eigenvalue weighted by molar-refractivity contribution is 0.628. The van der Waals surface area contributed by atoms with Gasteiger partial charge in [0.2, 0.25) is 0 Å².